The first kappa shape index (κ1) is 17.1. The van der Waals surface area contributed by atoms with Crippen LogP contribution in [0, 0.1) is 0 Å². The predicted molar refractivity (Wildman–Crippen MR) is 103 cm³/mol. The molecule has 0 saturated heterocycles. The van der Waals surface area contributed by atoms with Gasteiger partial charge < -0.3 is 5.32 Å². The lowest BCUT2D eigenvalue weighted by atomic mass is 10.1. The summed E-state index contributed by atoms with van der Waals surface area (Å²) < 4.78 is 2.25. The van der Waals surface area contributed by atoms with Gasteiger partial charge in [0, 0.05) is 10.9 Å². The Morgan fingerprint density at radius 3 is 2.71 bits per heavy atom. The molecule has 3 nitrogen and oxygen atoms in total. The number of para-hydroxylation sites is 1. The number of halogens is 1. The number of amides is 1. The molecule has 1 amide bonds. The average Bonchev–Trinajstić information content (AvgIpc) is 2.98. The Morgan fingerprint density at radius 2 is 1.96 bits per heavy atom. The maximum absolute atomic E-state index is 12.1. The third-order valence-electron chi connectivity index (χ3n) is 3.88. The fourth-order valence-electron chi connectivity index (χ4n) is 2.58. The molecule has 0 aliphatic heterocycles. The highest BCUT2D eigenvalue weighted by Crippen LogP contribution is 2.23. The van der Waals surface area contributed by atoms with Crippen molar-refractivity contribution in [2.45, 2.75) is 32.2 Å². The van der Waals surface area contributed by atoms with Gasteiger partial charge in [0.2, 0.25) is 5.91 Å². The number of fused-ring (bicyclic) bond motifs is 1. The van der Waals surface area contributed by atoms with Crippen LogP contribution in [-0.4, -0.2) is 10.9 Å². The second kappa shape index (κ2) is 7.90. The second-order valence-electron chi connectivity index (χ2n) is 5.77. The van der Waals surface area contributed by atoms with Crippen molar-refractivity contribution in [3.8, 4) is 0 Å². The highest BCUT2D eigenvalue weighted by atomic mass is 79.9. The van der Waals surface area contributed by atoms with Crippen LogP contribution in [0.15, 0.2) is 53.0 Å². The molecular formula is C19H19BrN2OS. The van der Waals surface area contributed by atoms with E-state index in [0.29, 0.717) is 6.42 Å². The molecule has 124 valence electrons. The van der Waals surface area contributed by atoms with Crippen molar-refractivity contribution in [2.24, 2.45) is 0 Å². The molecule has 0 fully saturated rings. The van der Waals surface area contributed by atoms with Gasteiger partial charge >= 0.3 is 0 Å². The van der Waals surface area contributed by atoms with Crippen molar-refractivity contribution in [1.82, 2.24) is 10.3 Å². The van der Waals surface area contributed by atoms with Crippen molar-refractivity contribution in [3.63, 3.8) is 0 Å². The van der Waals surface area contributed by atoms with Gasteiger partial charge in [0.05, 0.1) is 21.3 Å². The Kier molecular flexibility index (Phi) is 5.63. The standard InChI is InChI=1S/C19H19BrN2OS/c1-13(14-9-11-15(20)12-10-14)21-18(23)7-4-8-19-22-16-5-2-3-6-17(16)24-19/h2-3,5-6,9-13H,4,7-8H2,1H3,(H,21,23)/t13-/m0/s1. The minimum atomic E-state index is 0.0213. The molecule has 0 aliphatic rings. The van der Waals surface area contributed by atoms with Crippen LogP contribution in [-0.2, 0) is 11.2 Å². The first-order valence-electron chi connectivity index (χ1n) is 8.01. The second-order valence-corrected chi connectivity index (χ2v) is 7.80. The number of nitrogens with one attached hydrogen (secondary N) is 1. The summed E-state index contributed by atoms with van der Waals surface area (Å²) in [6, 6.07) is 16.2. The van der Waals surface area contributed by atoms with Gasteiger partial charge in [0.15, 0.2) is 0 Å². The number of hydrogen-bond acceptors (Lipinski definition) is 3. The lowest BCUT2D eigenvalue weighted by molar-refractivity contribution is -0.121. The Hall–Kier alpha value is -1.72. The maximum atomic E-state index is 12.1. The highest BCUT2D eigenvalue weighted by Gasteiger charge is 2.10. The van der Waals surface area contributed by atoms with E-state index in [1.807, 2.05) is 49.4 Å². The summed E-state index contributed by atoms with van der Waals surface area (Å²) in [7, 11) is 0. The Balaban J connectivity index is 1.47. The summed E-state index contributed by atoms with van der Waals surface area (Å²) in [6.07, 6.45) is 2.19. The van der Waals surface area contributed by atoms with E-state index >= 15 is 0 Å². The molecule has 5 heteroatoms. The lowest BCUT2D eigenvalue weighted by Crippen LogP contribution is -2.26. The third-order valence-corrected chi connectivity index (χ3v) is 5.50. The van der Waals surface area contributed by atoms with Crippen LogP contribution < -0.4 is 5.32 Å². The summed E-state index contributed by atoms with van der Waals surface area (Å²) >= 11 is 5.14. The molecule has 24 heavy (non-hydrogen) atoms. The molecule has 0 unspecified atom stereocenters. The van der Waals surface area contributed by atoms with Gasteiger partial charge in [-0.25, -0.2) is 4.98 Å². The fourth-order valence-corrected chi connectivity index (χ4v) is 3.85. The first-order valence-corrected chi connectivity index (χ1v) is 9.62. The maximum Gasteiger partial charge on any atom is 0.220 e. The molecule has 3 aromatic rings. The third kappa shape index (κ3) is 4.42. The van der Waals surface area contributed by atoms with Crippen LogP contribution in [0.5, 0.6) is 0 Å². The molecule has 1 N–H and O–H groups in total. The topological polar surface area (TPSA) is 42.0 Å². The van der Waals surface area contributed by atoms with Crippen molar-refractivity contribution >= 4 is 43.4 Å². The van der Waals surface area contributed by atoms with Crippen LogP contribution in [0.25, 0.3) is 10.2 Å². The molecule has 0 bridgehead atoms. The van der Waals surface area contributed by atoms with Gasteiger partial charge in [0.25, 0.3) is 0 Å². The number of carbonyl (C=O) groups is 1. The monoisotopic (exact) mass is 402 g/mol. The predicted octanol–water partition coefficient (Wildman–Crippen LogP) is 5.26. The van der Waals surface area contributed by atoms with Crippen molar-refractivity contribution < 1.29 is 4.79 Å². The zero-order valence-corrected chi connectivity index (χ0v) is 15.9. The smallest absolute Gasteiger partial charge is 0.220 e. The largest absolute Gasteiger partial charge is 0.350 e. The van der Waals surface area contributed by atoms with Crippen LogP contribution in [0.4, 0.5) is 0 Å². The van der Waals surface area contributed by atoms with E-state index in [0.717, 1.165) is 33.4 Å². The Labute approximate surface area is 154 Å². The summed E-state index contributed by atoms with van der Waals surface area (Å²) in [5.74, 6) is 0.0894. The number of aromatic nitrogens is 1. The molecule has 1 heterocycles. The average molecular weight is 403 g/mol. The van der Waals surface area contributed by atoms with Crippen LogP contribution in [0.1, 0.15) is 36.4 Å². The van der Waals surface area contributed by atoms with E-state index < -0.39 is 0 Å². The van der Waals surface area contributed by atoms with E-state index in [-0.39, 0.29) is 11.9 Å². The van der Waals surface area contributed by atoms with Crippen molar-refractivity contribution in [2.75, 3.05) is 0 Å². The molecule has 0 saturated carbocycles. The molecule has 1 aromatic heterocycles. The number of nitrogens with zero attached hydrogens (tertiary/aromatic N) is 1. The summed E-state index contributed by atoms with van der Waals surface area (Å²) in [5, 5.41) is 4.16. The van der Waals surface area contributed by atoms with Gasteiger partial charge in [0.1, 0.15) is 0 Å². The fraction of sp³-hybridized carbons (Fsp3) is 0.263. The number of aryl methyl sites for hydroxylation is 1. The van der Waals surface area contributed by atoms with Gasteiger partial charge in [-0.05, 0) is 49.6 Å². The van der Waals surface area contributed by atoms with E-state index in [2.05, 4.69) is 32.3 Å². The van der Waals surface area contributed by atoms with Crippen molar-refractivity contribution in [3.05, 3.63) is 63.6 Å². The number of benzene rings is 2. The normalized spacial score (nSPS) is 12.2. The summed E-state index contributed by atoms with van der Waals surface area (Å²) in [6.45, 7) is 2.01. The molecule has 1 atom stereocenters. The van der Waals surface area contributed by atoms with E-state index in [1.54, 1.807) is 11.3 Å². The van der Waals surface area contributed by atoms with E-state index in [9.17, 15) is 4.79 Å². The Bertz CT molecular complexity index is 796. The lowest BCUT2D eigenvalue weighted by Gasteiger charge is -2.14. The molecule has 0 spiro atoms. The first-order chi connectivity index (χ1) is 11.6. The Morgan fingerprint density at radius 1 is 1.21 bits per heavy atom. The molecule has 0 radical (unpaired) electrons. The van der Waals surface area contributed by atoms with Crippen molar-refractivity contribution in [1.29, 1.82) is 0 Å². The van der Waals surface area contributed by atoms with Gasteiger partial charge in [-0.3, -0.25) is 4.79 Å². The molecule has 3 rings (SSSR count). The number of carbonyl (C=O) groups excluding carboxylic acids is 1. The molecule has 0 aliphatic carbocycles. The number of rotatable bonds is 6. The molecule has 2 aromatic carbocycles. The number of hydrogen-bond donors (Lipinski definition) is 1. The number of thiazole rings is 1. The van der Waals surface area contributed by atoms with Gasteiger partial charge in [-0.1, -0.05) is 40.2 Å². The summed E-state index contributed by atoms with van der Waals surface area (Å²) in [4.78, 5) is 16.7. The van der Waals surface area contributed by atoms with Crippen LogP contribution >= 0.6 is 27.3 Å². The summed E-state index contributed by atoms with van der Waals surface area (Å²) in [5.41, 5.74) is 2.16. The van der Waals surface area contributed by atoms with E-state index in [1.165, 1.54) is 4.70 Å². The quantitative estimate of drug-likeness (QED) is 0.610. The SMILES string of the molecule is C[C@H](NC(=O)CCCc1nc2ccccc2s1)c1ccc(Br)cc1. The van der Waals surface area contributed by atoms with Crippen LogP contribution in [0.3, 0.4) is 0 Å². The zero-order chi connectivity index (χ0) is 16.9. The van der Waals surface area contributed by atoms with Gasteiger partial charge in [-0.15, -0.1) is 11.3 Å². The minimum absolute atomic E-state index is 0.0213. The van der Waals surface area contributed by atoms with Crippen LogP contribution in [0.2, 0.25) is 0 Å². The molecular weight excluding hydrogens is 384 g/mol. The highest BCUT2D eigenvalue weighted by molar-refractivity contribution is 9.10. The van der Waals surface area contributed by atoms with E-state index in [4.69, 9.17) is 0 Å². The minimum Gasteiger partial charge on any atom is -0.350 e. The zero-order valence-electron chi connectivity index (χ0n) is 13.5. The van der Waals surface area contributed by atoms with Gasteiger partial charge in [-0.2, -0.15) is 0 Å².